The van der Waals surface area contributed by atoms with Gasteiger partial charge in [0.25, 0.3) is 5.91 Å². The minimum absolute atomic E-state index is 0.255. The molecule has 0 radical (unpaired) electrons. The molecule has 0 atom stereocenters. The molecule has 1 amide bonds. The van der Waals surface area contributed by atoms with E-state index < -0.39 is 0 Å². The number of hydrogen-bond acceptors (Lipinski definition) is 5. The summed E-state index contributed by atoms with van der Waals surface area (Å²) in [5.74, 6) is 1.32. The first-order chi connectivity index (χ1) is 12.7. The molecular formula is C20H27N5O. The number of piperidine rings is 1. The Balaban J connectivity index is 1.39. The number of nitrogens with zero attached hydrogens (tertiary/aromatic N) is 3. The average molecular weight is 353 g/mol. The van der Waals surface area contributed by atoms with E-state index in [1.807, 2.05) is 30.3 Å². The van der Waals surface area contributed by atoms with Crippen molar-refractivity contribution in [3.63, 3.8) is 0 Å². The number of likely N-dealkylation sites (tertiary alicyclic amines) is 1. The summed E-state index contributed by atoms with van der Waals surface area (Å²) < 4.78 is 0. The molecule has 1 aliphatic heterocycles. The number of carbonyl (C=O) groups is 1. The Labute approximate surface area is 155 Å². The lowest BCUT2D eigenvalue weighted by Crippen LogP contribution is -2.34. The van der Waals surface area contributed by atoms with Crippen molar-refractivity contribution < 1.29 is 4.79 Å². The fourth-order valence-corrected chi connectivity index (χ4v) is 3.07. The SMILES string of the molecule is CC1CCN(CCCNc2ccc(C(=O)Nc3ccccc3)nn2)CC1. The molecule has 6 nitrogen and oxygen atoms in total. The van der Waals surface area contributed by atoms with Crippen LogP contribution < -0.4 is 10.6 Å². The molecule has 2 aromatic rings. The van der Waals surface area contributed by atoms with Crippen LogP contribution in [0.15, 0.2) is 42.5 Å². The smallest absolute Gasteiger partial charge is 0.276 e. The molecule has 1 aliphatic rings. The Bertz CT molecular complexity index is 681. The Kier molecular flexibility index (Phi) is 6.55. The van der Waals surface area contributed by atoms with Crippen LogP contribution in [0.3, 0.4) is 0 Å². The van der Waals surface area contributed by atoms with E-state index in [-0.39, 0.29) is 5.91 Å². The third-order valence-electron chi connectivity index (χ3n) is 4.76. The maximum atomic E-state index is 12.1. The molecule has 0 unspecified atom stereocenters. The van der Waals surface area contributed by atoms with Gasteiger partial charge in [-0.15, -0.1) is 10.2 Å². The highest BCUT2D eigenvalue weighted by molar-refractivity contribution is 6.02. The van der Waals surface area contributed by atoms with Gasteiger partial charge in [-0.25, -0.2) is 0 Å². The molecule has 138 valence electrons. The first kappa shape index (κ1) is 18.3. The first-order valence-electron chi connectivity index (χ1n) is 9.37. The van der Waals surface area contributed by atoms with Gasteiger partial charge < -0.3 is 15.5 Å². The zero-order chi connectivity index (χ0) is 18.2. The van der Waals surface area contributed by atoms with E-state index in [1.165, 1.54) is 25.9 Å². The predicted molar refractivity (Wildman–Crippen MR) is 104 cm³/mol. The second kappa shape index (κ2) is 9.29. The lowest BCUT2D eigenvalue weighted by molar-refractivity contribution is 0.102. The van der Waals surface area contributed by atoms with Gasteiger partial charge in [0, 0.05) is 12.2 Å². The summed E-state index contributed by atoms with van der Waals surface area (Å²) in [6.07, 6.45) is 3.70. The number of carbonyl (C=O) groups excluding carboxylic acids is 1. The van der Waals surface area contributed by atoms with E-state index >= 15 is 0 Å². The normalized spacial score (nSPS) is 15.6. The number of nitrogens with one attached hydrogen (secondary N) is 2. The fraction of sp³-hybridized carbons (Fsp3) is 0.450. The lowest BCUT2D eigenvalue weighted by Gasteiger charge is -2.30. The Hall–Kier alpha value is -2.47. The van der Waals surface area contributed by atoms with Crippen molar-refractivity contribution in [2.45, 2.75) is 26.2 Å². The Morgan fingerprint density at radius 1 is 1.12 bits per heavy atom. The van der Waals surface area contributed by atoms with Gasteiger partial charge in [-0.1, -0.05) is 25.1 Å². The van der Waals surface area contributed by atoms with E-state index in [1.54, 1.807) is 12.1 Å². The van der Waals surface area contributed by atoms with E-state index in [2.05, 4.69) is 32.7 Å². The van der Waals surface area contributed by atoms with Gasteiger partial charge >= 0.3 is 0 Å². The second-order valence-electron chi connectivity index (χ2n) is 6.93. The monoisotopic (exact) mass is 353 g/mol. The van der Waals surface area contributed by atoms with E-state index in [4.69, 9.17) is 0 Å². The molecule has 0 spiro atoms. The number of benzene rings is 1. The highest BCUT2D eigenvalue weighted by Crippen LogP contribution is 2.16. The van der Waals surface area contributed by atoms with E-state index in [9.17, 15) is 4.79 Å². The van der Waals surface area contributed by atoms with Gasteiger partial charge in [0.1, 0.15) is 5.82 Å². The average Bonchev–Trinajstić information content (AvgIpc) is 2.68. The van der Waals surface area contributed by atoms with Crippen LogP contribution >= 0.6 is 0 Å². The largest absolute Gasteiger partial charge is 0.369 e. The number of hydrogen-bond donors (Lipinski definition) is 2. The molecule has 1 aromatic carbocycles. The van der Waals surface area contributed by atoms with Crippen molar-refractivity contribution in [1.29, 1.82) is 0 Å². The molecule has 3 rings (SSSR count). The predicted octanol–water partition coefficient (Wildman–Crippen LogP) is 3.26. The number of anilines is 2. The van der Waals surface area contributed by atoms with Gasteiger partial charge in [-0.3, -0.25) is 4.79 Å². The van der Waals surface area contributed by atoms with Crippen molar-refractivity contribution in [3.8, 4) is 0 Å². The molecule has 6 heteroatoms. The van der Waals surface area contributed by atoms with Crippen LogP contribution in [0.2, 0.25) is 0 Å². The maximum absolute atomic E-state index is 12.1. The molecule has 2 N–H and O–H groups in total. The van der Waals surface area contributed by atoms with Gasteiger partial charge in [0.05, 0.1) is 0 Å². The number of amides is 1. The quantitative estimate of drug-likeness (QED) is 0.748. The van der Waals surface area contributed by atoms with E-state index in [0.29, 0.717) is 11.5 Å². The standard InChI is InChI=1S/C20H27N5O/c1-16-10-14-25(15-11-16)13-5-12-21-19-9-8-18(23-24-19)20(26)22-17-6-3-2-4-7-17/h2-4,6-9,16H,5,10-15H2,1H3,(H,21,24)(H,22,26). The third-order valence-corrected chi connectivity index (χ3v) is 4.76. The summed E-state index contributed by atoms with van der Waals surface area (Å²) in [7, 11) is 0. The fourth-order valence-electron chi connectivity index (χ4n) is 3.07. The highest BCUT2D eigenvalue weighted by atomic mass is 16.1. The summed E-state index contributed by atoms with van der Waals surface area (Å²) in [5.41, 5.74) is 1.05. The first-order valence-corrected chi connectivity index (χ1v) is 9.37. The molecule has 26 heavy (non-hydrogen) atoms. The van der Waals surface area contributed by atoms with Crippen molar-refractivity contribution >= 4 is 17.4 Å². The molecule has 2 heterocycles. The summed E-state index contributed by atoms with van der Waals surface area (Å²) in [6, 6.07) is 12.8. The summed E-state index contributed by atoms with van der Waals surface area (Å²) in [4.78, 5) is 14.7. The molecule has 0 bridgehead atoms. The van der Waals surface area contributed by atoms with Gasteiger partial charge in [-0.2, -0.15) is 0 Å². The van der Waals surface area contributed by atoms with Crippen LogP contribution in [0.1, 0.15) is 36.7 Å². The zero-order valence-electron chi connectivity index (χ0n) is 15.3. The van der Waals surface area contributed by atoms with Crippen LogP contribution in [-0.4, -0.2) is 47.2 Å². The Morgan fingerprint density at radius 2 is 1.88 bits per heavy atom. The molecular weight excluding hydrogens is 326 g/mol. The molecule has 1 aromatic heterocycles. The van der Waals surface area contributed by atoms with Crippen LogP contribution in [0, 0.1) is 5.92 Å². The zero-order valence-corrected chi connectivity index (χ0v) is 15.3. The van der Waals surface area contributed by atoms with Crippen LogP contribution in [0.5, 0.6) is 0 Å². The van der Waals surface area contributed by atoms with Crippen LogP contribution in [-0.2, 0) is 0 Å². The van der Waals surface area contributed by atoms with Gasteiger partial charge in [0.2, 0.25) is 0 Å². The number of para-hydroxylation sites is 1. The number of aromatic nitrogens is 2. The highest BCUT2D eigenvalue weighted by Gasteiger charge is 2.14. The minimum Gasteiger partial charge on any atom is -0.369 e. The van der Waals surface area contributed by atoms with Crippen molar-refractivity contribution in [2.75, 3.05) is 36.8 Å². The van der Waals surface area contributed by atoms with Gasteiger partial charge in [-0.05, 0) is 69.1 Å². The minimum atomic E-state index is -0.255. The Morgan fingerprint density at radius 3 is 2.58 bits per heavy atom. The number of rotatable bonds is 7. The van der Waals surface area contributed by atoms with Gasteiger partial charge in [0.15, 0.2) is 5.69 Å². The second-order valence-corrected chi connectivity index (χ2v) is 6.93. The summed E-state index contributed by atoms with van der Waals surface area (Å²) in [5, 5.41) is 14.2. The molecule has 1 fully saturated rings. The maximum Gasteiger partial charge on any atom is 0.276 e. The lowest BCUT2D eigenvalue weighted by atomic mass is 9.99. The molecule has 1 saturated heterocycles. The van der Waals surface area contributed by atoms with Crippen LogP contribution in [0.4, 0.5) is 11.5 Å². The van der Waals surface area contributed by atoms with Crippen molar-refractivity contribution in [1.82, 2.24) is 15.1 Å². The van der Waals surface area contributed by atoms with E-state index in [0.717, 1.165) is 31.1 Å². The summed E-state index contributed by atoms with van der Waals surface area (Å²) in [6.45, 7) is 6.74. The van der Waals surface area contributed by atoms with Crippen LogP contribution in [0.25, 0.3) is 0 Å². The molecule has 0 aliphatic carbocycles. The summed E-state index contributed by atoms with van der Waals surface area (Å²) >= 11 is 0. The third kappa shape index (κ3) is 5.52. The topological polar surface area (TPSA) is 70.2 Å². The molecule has 0 saturated carbocycles. The van der Waals surface area contributed by atoms with Crippen molar-refractivity contribution in [3.05, 3.63) is 48.2 Å². The van der Waals surface area contributed by atoms with Crippen molar-refractivity contribution in [2.24, 2.45) is 5.92 Å².